The molecule has 1 N–H and O–H groups in total. The second kappa shape index (κ2) is 8.57. The van der Waals surface area contributed by atoms with E-state index in [1.54, 1.807) is 35.5 Å². The third-order valence-corrected chi connectivity index (χ3v) is 5.45. The standard InChI is InChI=1S/C21H19BrN4O3/c22-17-5-6-19(24-11-17)25-20(27)15-7-9-26(10-8-15)21(28)16-3-1-14(2-4-16)18-12-23-13-29-18/h1-6,11-13,15H,7-10H2,(H,24,25,27). The molecule has 2 amide bonds. The first-order valence-electron chi connectivity index (χ1n) is 9.31. The van der Waals surface area contributed by atoms with Crippen LogP contribution in [-0.2, 0) is 4.79 Å². The number of piperidine rings is 1. The van der Waals surface area contributed by atoms with E-state index in [9.17, 15) is 9.59 Å². The van der Waals surface area contributed by atoms with E-state index in [-0.39, 0.29) is 17.7 Å². The maximum absolute atomic E-state index is 12.8. The molecule has 0 radical (unpaired) electrons. The minimum atomic E-state index is -0.127. The smallest absolute Gasteiger partial charge is 0.253 e. The van der Waals surface area contributed by atoms with Gasteiger partial charge in [0.1, 0.15) is 5.82 Å². The molecule has 0 bridgehead atoms. The largest absolute Gasteiger partial charge is 0.444 e. The molecule has 3 aromatic rings. The second-order valence-corrected chi connectivity index (χ2v) is 7.78. The Morgan fingerprint density at radius 2 is 1.83 bits per heavy atom. The maximum Gasteiger partial charge on any atom is 0.253 e. The van der Waals surface area contributed by atoms with Crippen molar-refractivity contribution in [3.8, 4) is 11.3 Å². The molecule has 29 heavy (non-hydrogen) atoms. The van der Waals surface area contributed by atoms with Crippen LogP contribution in [0.1, 0.15) is 23.2 Å². The van der Waals surface area contributed by atoms with Crippen molar-refractivity contribution in [1.29, 1.82) is 0 Å². The maximum atomic E-state index is 12.8. The SMILES string of the molecule is O=C(Nc1ccc(Br)cn1)C1CCN(C(=O)c2ccc(-c3cnco3)cc2)CC1. The normalized spacial score (nSPS) is 14.6. The number of oxazole rings is 1. The number of hydrogen-bond acceptors (Lipinski definition) is 5. The molecule has 2 aromatic heterocycles. The van der Waals surface area contributed by atoms with Gasteiger partial charge in [-0.15, -0.1) is 0 Å². The Hall–Kier alpha value is -3.00. The quantitative estimate of drug-likeness (QED) is 0.643. The summed E-state index contributed by atoms with van der Waals surface area (Å²) in [7, 11) is 0. The first kappa shape index (κ1) is 19.3. The number of rotatable bonds is 4. The zero-order valence-electron chi connectivity index (χ0n) is 15.5. The number of hydrogen-bond donors (Lipinski definition) is 1. The van der Waals surface area contributed by atoms with Gasteiger partial charge in [0, 0.05) is 40.8 Å². The number of nitrogens with one attached hydrogen (secondary N) is 1. The van der Waals surface area contributed by atoms with Gasteiger partial charge in [0.2, 0.25) is 5.91 Å². The number of aromatic nitrogens is 2. The molecule has 1 saturated heterocycles. The first-order valence-corrected chi connectivity index (χ1v) is 10.1. The summed E-state index contributed by atoms with van der Waals surface area (Å²) in [5.41, 5.74) is 1.49. The van der Waals surface area contributed by atoms with Gasteiger partial charge < -0.3 is 14.6 Å². The van der Waals surface area contributed by atoms with Crippen LogP contribution in [0.25, 0.3) is 11.3 Å². The van der Waals surface area contributed by atoms with Gasteiger partial charge in [-0.3, -0.25) is 9.59 Å². The van der Waals surface area contributed by atoms with Crippen LogP contribution in [0, 0.1) is 5.92 Å². The summed E-state index contributed by atoms with van der Waals surface area (Å²) < 4.78 is 6.13. The summed E-state index contributed by atoms with van der Waals surface area (Å²) in [4.78, 5) is 35.1. The fourth-order valence-corrected chi connectivity index (χ4v) is 3.58. The third-order valence-electron chi connectivity index (χ3n) is 4.98. The fourth-order valence-electron chi connectivity index (χ4n) is 3.34. The Balaban J connectivity index is 1.32. The highest BCUT2D eigenvalue weighted by atomic mass is 79.9. The molecule has 4 rings (SSSR count). The highest BCUT2D eigenvalue weighted by Gasteiger charge is 2.28. The number of carbonyl (C=O) groups is 2. The Labute approximate surface area is 176 Å². The van der Waals surface area contributed by atoms with Crippen molar-refractivity contribution < 1.29 is 14.0 Å². The van der Waals surface area contributed by atoms with Crippen LogP contribution >= 0.6 is 15.9 Å². The number of anilines is 1. The highest BCUT2D eigenvalue weighted by molar-refractivity contribution is 9.10. The average molecular weight is 455 g/mol. The van der Waals surface area contributed by atoms with Crippen molar-refractivity contribution in [2.75, 3.05) is 18.4 Å². The minimum Gasteiger partial charge on any atom is -0.444 e. The molecular formula is C21H19BrN4O3. The number of amides is 2. The summed E-state index contributed by atoms with van der Waals surface area (Å²) in [6, 6.07) is 10.9. The van der Waals surface area contributed by atoms with Crippen LogP contribution in [0.2, 0.25) is 0 Å². The Kier molecular flexibility index (Phi) is 5.71. The van der Waals surface area contributed by atoms with Crippen LogP contribution in [0.15, 0.2) is 64.1 Å². The Bertz CT molecular complexity index is 980. The van der Waals surface area contributed by atoms with Gasteiger partial charge in [0.05, 0.1) is 6.20 Å². The monoisotopic (exact) mass is 454 g/mol. The Morgan fingerprint density at radius 1 is 1.07 bits per heavy atom. The first-order chi connectivity index (χ1) is 14.1. The molecular weight excluding hydrogens is 436 g/mol. The molecule has 0 saturated carbocycles. The van der Waals surface area contributed by atoms with Crippen molar-refractivity contribution in [2.24, 2.45) is 5.92 Å². The predicted octanol–water partition coefficient (Wildman–Crippen LogP) is 3.99. The van der Waals surface area contributed by atoms with Crippen molar-refractivity contribution in [3.05, 3.63) is 65.2 Å². The summed E-state index contributed by atoms with van der Waals surface area (Å²) in [5.74, 6) is 0.990. The van der Waals surface area contributed by atoms with E-state index in [0.29, 0.717) is 43.1 Å². The van der Waals surface area contributed by atoms with Gasteiger partial charge in [-0.2, -0.15) is 0 Å². The average Bonchev–Trinajstić information content (AvgIpc) is 3.30. The van der Waals surface area contributed by atoms with Gasteiger partial charge >= 0.3 is 0 Å². The lowest BCUT2D eigenvalue weighted by molar-refractivity contribution is -0.121. The third kappa shape index (κ3) is 4.54. The van der Waals surface area contributed by atoms with Crippen LogP contribution in [0.4, 0.5) is 5.82 Å². The lowest BCUT2D eigenvalue weighted by atomic mass is 9.95. The van der Waals surface area contributed by atoms with E-state index < -0.39 is 0 Å². The van der Waals surface area contributed by atoms with Crippen molar-refractivity contribution in [2.45, 2.75) is 12.8 Å². The van der Waals surface area contributed by atoms with E-state index in [1.165, 1.54) is 6.39 Å². The van der Waals surface area contributed by atoms with E-state index in [4.69, 9.17) is 4.42 Å². The molecule has 0 unspecified atom stereocenters. The zero-order chi connectivity index (χ0) is 20.2. The number of likely N-dealkylation sites (tertiary alicyclic amines) is 1. The van der Waals surface area contributed by atoms with Crippen LogP contribution in [0.3, 0.4) is 0 Å². The molecule has 1 fully saturated rings. The highest BCUT2D eigenvalue weighted by Crippen LogP contribution is 2.23. The number of carbonyl (C=O) groups excluding carboxylic acids is 2. The van der Waals surface area contributed by atoms with Gasteiger partial charge in [0.15, 0.2) is 12.2 Å². The number of pyridine rings is 1. The van der Waals surface area contributed by atoms with Crippen LogP contribution in [-0.4, -0.2) is 39.8 Å². The van der Waals surface area contributed by atoms with Crippen molar-refractivity contribution in [3.63, 3.8) is 0 Å². The molecule has 3 heterocycles. The van der Waals surface area contributed by atoms with E-state index in [1.807, 2.05) is 18.2 Å². The number of nitrogens with zero attached hydrogens (tertiary/aromatic N) is 3. The summed E-state index contributed by atoms with van der Waals surface area (Å²) in [5, 5.41) is 2.85. The number of halogens is 1. The Morgan fingerprint density at radius 3 is 2.45 bits per heavy atom. The molecule has 1 aliphatic heterocycles. The predicted molar refractivity (Wildman–Crippen MR) is 111 cm³/mol. The van der Waals surface area contributed by atoms with E-state index in [2.05, 4.69) is 31.2 Å². The molecule has 0 aliphatic carbocycles. The van der Waals surface area contributed by atoms with Gasteiger partial charge in [-0.25, -0.2) is 9.97 Å². The van der Waals surface area contributed by atoms with Crippen molar-refractivity contribution >= 4 is 33.6 Å². The topological polar surface area (TPSA) is 88.3 Å². The van der Waals surface area contributed by atoms with E-state index in [0.717, 1.165) is 10.0 Å². The molecule has 7 nitrogen and oxygen atoms in total. The van der Waals surface area contributed by atoms with Crippen molar-refractivity contribution in [1.82, 2.24) is 14.9 Å². The summed E-state index contributed by atoms with van der Waals surface area (Å²) in [6.07, 6.45) is 5.91. The second-order valence-electron chi connectivity index (χ2n) is 6.86. The van der Waals surface area contributed by atoms with E-state index >= 15 is 0 Å². The molecule has 0 spiro atoms. The van der Waals surface area contributed by atoms with Gasteiger partial charge in [-0.05, 0) is 53.0 Å². The molecule has 148 valence electrons. The lowest BCUT2D eigenvalue weighted by Crippen LogP contribution is -2.41. The zero-order valence-corrected chi connectivity index (χ0v) is 17.1. The lowest BCUT2D eigenvalue weighted by Gasteiger charge is -2.31. The van der Waals surface area contributed by atoms with Gasteiger partial charge in [-0.1, -0.05) is 12.1 Å². The number of benzene rings is 1. The fraction of sp³-hybridized carbons (Fsp3) is 0.238. The van der Waals surface area contributed by atoms with Crippen LogP contribution in [0.5, 0.6) is 0 Å². The summed E-state index contributed by atoms with van der Waals surface area (Å²) >= 11 is 3.32. The molecule has 1 aromatic carbocycles. The molecule has 1 aliphatic rings. The summed E-state index contributed by atoms with van der Waals surface area (Å²) in [6.45, 7) is 1.10. The van der Waals surface area contributed by atoms with Crippen LogP contribution < -0.4 is 5.32 Å². The minimum absolute atomic E-state index is 0.0254. The molecule has 0 atom stereocenters. The van der Waals surface area contributed by atoms with Gasteiger partial charge in [0.25, 0.3) is 5.91 Å². The molecule has 8 heteroatoms.